The van der Waals surface area contributed by atoms with Gasteiger partial charge in [-0.3, -0.25) is 0 Å². The number of hydrogen-bond donors (Lipinski definition) is 0. The van der Waals surface area contributed by atoms with E-state index >= 15 is 0 Å². The average Bonchev–Trinajstić information content (AvgIpc) is 1.83. The van der Waals surface area contributed by atoms with Crippen molar-refractivity contribution >= 4 is 37.4 Å². The minimum absolute atomic E-state index is 0.199. The Balaban J connectivity index is 3.06. The summed E-state index contributed by atoms with van der Waals surface area (Å²) >= 11 is 0. The number of rotatable bonds is 4. The van der Waals surface area contributed by atoms with Gasteiger partial charge in [-0.15, -0.1) is 0 Å². The Kier molecular flexibility index (Phi) is 6.05. The van der Waals surface area contributed by atoms with E-state index in [9.17, 15) is 0 Å². The highest BCUT2D eigenvalue weighted by atomic mass is 29.2. The molecule has 0 rings (SSSR count). The van der Waals surface area contributed by atoms with Crippen LogP contribution < -0.4 is 0 Å². The lowest BCUT2D eigenvalue weighted by Crippen LogP contribution is -2.27. The molecule has 0 aromatic heterocycles. The first kappa shape index (κ1) is 9.79. The average molecular weight is 197 g/mol. The first-order valence-electron chi connectivity index (χ1n) is 3.31. The summed E-state index contributed by atoms with van der Waals surface area (Å²) in [5.41, 5.74) is 0. The van der Waals surface area contributed by atoms with Gasteiger partial charge in [0.1, 0.15) is 10.5 Å². The number of hydrogen-bond acceptors (Lipinski definition) is 2. The lowest BCUT2D eigenvalue weighted by atomic mass is 11.9. The molecule has 0 saturated heterocycles. The molecule has 0 fully saturated rings. The summed E-state index contributed by atoms with van der Waals surface area (Å²) in [4.78, 5) is 0. The van der Waals surface area contributed by atoms with E-state index in [2.05, 4.69) is 19.6 Å². The van der Waals surface area contributed by atoms with Crippen molar-refractivity contribution in [2.24, 2.45) is 0 Å². The summed E-state index contributed by atoms with van der Waals surface area (Å²) in [7, 11) is -0.717. The maximum absolute atomic E-state index is 5.63. The topological polar surface area (TPSA) is 18.5 Å². The molecule has 6 heteroatoms. The molecule has 0 aliphatic heterocycles. The molecule has 0 radical (unpaired) electrons. The van der Waals surface area contributed by atoms with Crippen LogP contribution in [0.3, 0.4) is 0 Å². The van der Waals surface area contributed by atoms with E-state index < -0.39 is 17.6 Å². The second kappa shape index (κ2) is 5.56. The van der Waals surface area contributed by atoms with E-state index in [1.165, 1.54) is 0 Å². The second-order valence-electron chi connectivity index (χ2n) is 2.43. The fraction of sp³-hybridized carbons (Fsp3) is 1.00. The van der Waals surface area contributed by atoms with E-state index in [1.54, 1.807) is 0 Å². The third-order valence-electron chi connectivity index (χ3n) is 1.07. The summed E-state index contributed by atoms with van der Waals surface area (Å²) in [5.74, 6) is 0. The van der Waals surface area contributed by atoms with Crippen molar-refractivity contribution in [1.29, 1.82) is 0 Å². The van der Waals surface area contributed by atoms with Crippen LogP contribution in [0.1, 0.15) is 0 Å². The molecule has 0 N–H and O–H groups in total. The molecular formula is C3H16O2Si4. The summed E-state index contributed by atoms with van der Waals surface area (Å²) in [6.45, 7) is 6.69. The van der Waals surface area contributed by atoms with Crippen LogP contribution in [-0.2, 0) is 8.23 Å². The minimum Gasteiger partial charge on any atom is -0.466 e. The first-order valence-corrected chi connectivity index (χ1v) is 12.4. The van der Waals surface area contributed by atoms with Crippen LogP contribution >= 0.6 is 0 Å². The van der Waals surface area contributed by atoms with Gasteiger partial charge in [0, 0.05) is 0 Å². The van der Waals surface area contributed by atoms with Crippen molar-refractivity contribution < 1.29 is 8.23 Å². The Bertz CT molecular complexity index is 68.8. The normalized spacial score (nSPS) is 16.0. The fourth-order valence-electron chi connectivity index (χ4n) is 0.396. The van der Waals surface area contributed by atoms with Crippen LogP contribution in [0.25, 0.3) is 0 Å². The highest BCUT2D eigenvalue weighted by Gasteiger charge is 2.03. The molecule has 0 aromatic carbocycles. The third-order valence-corrected chi connectivity index (χ3v) is 14.3. The molecule has 1 atom stereocenters. The maximum Gasteiger partial charge on any atom is 0.170 e. The molecule has 0 aliphatic carbocycles. The van der Waals surface area contributed by atoms with Crippen molar-refractivity contribution in [1.82, 2.24) is 0 Å². The van der Waals surface area contributed by atoms with Gasteiger partial charge in [0.05, 0.1) is 0 Å². The summed E-state index contributed by atoms with van der Waals surface area (Å²) in [6, 6.07) is 0. The van der Waals surface area contributed by atoms with Crippen LogP contribution in [-0.4, -0.2) is 37.4 Å². The quantitative estimate of drug-likeness (QED) is 0.495. The molecule has 0 amide bonds. The Hall–Kier alpha value is 0.788. The lowest BCUT2D eigenvalue weighted by Gasteiger charge is -2.09. The van der Waals surface area contributed by atoms with Gasteiger partial charge in [-0.2, -0.15) is 0 Å². The SMILES string of the molecule is C[SiH](C)O[SiH2][SiH](C)O[SiH3]. The molecule has 0 aromatic rings. The molecule has 0 saturated carbocycles. The van der Waals surface area contributed by atoms with Crippen molar-refractivity contribution in [2.75, 3.05) is 0 Å². The van der Waals surface area contributed by atoms with E-state index in [0.717, 1.165) is 10.5 Å². The lowest BCUT2D eigenvalue weighted by molar-refractivity contribution is 0.610. The molecule has 0 bridgehead atoms. The van der Waals surface area contributed by atoms with Crippen molar-refractivity contribution in [2.45, 2.75) is 19.6 Å². The Labute approximate surface area is 65.7 Å². The minimum atomic E-state index is -0.724. The predicted molar refractivity (Wildman–Crippen MR) is 52.5 cm³/mol. The molecule has 0 heterocycles. The van der Waals surface area contributed by atoms with Crippen molar-refractivity contribution in [3.63, 3.8) is 0 Å². The second-order valence-corrected chi connectivity index (χ2v) is 14.1. The predicted octanol–water partition coefficient (Wildman–Crippen LogP) is -1.78. The van der Waals surface area contributed by atoms with Gasteiger partial charge in [-0.25, -0.2) is 0 Å². The zero-order chi connectivity index (χ0) is 7.28. The molecule has 2 nitrogen and oxygen atoms in total. The van der Waals surface area contributed by atoms with Crippen LogP contribution in [0.15, 0.2) is 0 Å². The van der Waals surface area contributed by atoms with E-state index in [0.29, 0.717) is 0 Å². The molecule has 56 valence electrons. The fourth-order valence-corrected chi connectivity index (χ4v) is 10.7. The van der Waals surface area contributed by atoms with Crippen LogP contribution in [0.5, 0.6) is 0 Å². The van der Waals surface area contributed by atoms with Gasteiger partial charge in [0.25, 0.3) is 0 Å². The maximum atomic E-state index is 5.63. The molecule has 9 heavy (non-hydrogen) atoms. The molecular weight excluding hydrogens is 180 g/mol. The van der Waals surface area contributed by atoms with Gasteiger partial charge in [0.15, 0.2) is 26.9 Å². The van der Waals surface area contributed by atoms with Gasteiger partial charge in [0.2, 0.25) is 0 Å². The molecule has 0 spiro atoms. The van der Waals surface area contributed by atoms with Crippen molar-refractivity contribution in [3.8, 4) is 0 Å². The van der Waals surface area contributed by atoms with Gasteiger partial charge >= 0.3 is 0 Å². The smallest absolute Gasteiger partial charge is 0.170 e. The van der Waals surface area contributed by atoms with Crippen molar-refractivity contribution in [3.05, 3.63) is 0 Å². The summed E-state index contributed by atoms with van der Waals surface area (Å²) in [6.07, 6.45) is 0. The first-order chi connectivity index (χ1) is 4.16. The third kappa shape index (κ3) is 6.68. The van der Waals surface area contributed by atoms with Gasteiger partial charge in [-0.05, 0) is 13.1 Å². The standard InChI is InChI=1S/C3H16O2Si4/c1-8(2)5-7-9(3)4-6/h8-9H,7H2,1-3,6H3. The van der Waals surface area contributed by atoms with Gasteiger partial charge < -0.3 is 8.23 Å². The Morgan fingerprint density at radius 3 is 2.22 bits per heavy atom. The molecule has 0 aliphatic rings. The van der Waals surface area contributed by atoms with E-state index in [1.807, 2.05) is 0 Å². The molecule has 1 unspecified atom stereocenters. The van der Waals surface area contributed by atoms with Crippen LogP contribution in [0.2, 0.25) is 19.6 Å². The Morgan fingerprint density at radius 1 is 1.33 bits per heavy atom. The van der Waals surface area contributed by atoms with Crippen LogP contribution in [0, 0.1) is 0 Å². The zero-order valence-corrected chi connectivity index (χ0v) is 12.4. The summed E-state index contributed by atoms with van der Waals surface area (Å²) in [5, 5.41) is 0. The monoisotopic (exact) mass is 196 g/mol. The Morgan fingerprint density at radius 2 is 1.89 bits per heavy atom. The van der Waals surface area contributed by atoms with Crippen LogP contribution in [0.4, 0.5) is 0 Å². The van der Waals surface area contributed by atoms with E-state index in [-0.39, 0.29) is 9.28 Å². The largest absolute Gasteiger partial charge is 0.466 e. The van der Waals surface area contributed by atoms with E-state index in [4.69, 9.17) is 8.23 Å². The highest BCUT2D eigenvalue weighted by molar-refractivity contribution is 7.07. The van der Waals surface area contributed by atoms with Gasteiger partial charge in [-0.1, -0.05) is 6.55 Å². The highest BCUT2D eigenvalue weighted by Crippen LogP contribution is 1.84. The summed E-state index contributed by atoms with van der Waals surface area (Å²) < 4.78 is 11.0. The zero-order valence-electron chi connectivity index (χ0n) is 6.68.